The topological polar surface area (TPSA) is 62.2 Å². The van der Waals surface area contributed by atoms with Crippen LogP contribution in [-0.4, -0.2) is 23.1 Å². The van der Waals surface area contributed by atoms with Gasteiger partial charge in [-0.3, -0.25) is 0 Å². The van der Waals surface area contributed by atoms with Gasteiger partial charge in [-0.2, -0.15) is 0 Å². The minimum atomic E-state index is -1.01. The Morgan fingerprint density at radius 1 is 1.41 bits per heavy atom. The number of aromatic carboxylic acids is 1. The largest absolute Gasteiger partial charge is 0.477 e. The van der Waals surface area contributed by atoms with E-state index in [0.29, 0.717) is 5.52 Å². The normalized spacial score (nSPS) is 10.5. The fraction of sp³-hybridized carbons (Fsp3) is 0.231. The number of aryl methyl sites for hydroxylation is 1. The van der Waals surface area contributed by atoms with Gasteiger partial charge in [-0.1, -0.05) is 13.0 Å². The molecule has 0 saturated carbocycles. The van der Waals surface area contributed by atoms with Crippen LogP contribution in [0.3, 0.4) is 0 Å². The van der Waals surface area contributed by atoms with Gasteiger partial charge in [-0.15, -0.1) is 0 Å². The van der Waals surface area contributed by atoms with E-state index in [-0.39, 0.29) is 5.69 Å². The Labute approximate surface area is 99.3 Å². The van der Waals surface area contributed by atoms with Crippen molar-refractivity contribution in [3.8, 4) is 0 Å². The predicted octanol–water partition coefficient (Wildman–Crippen LogP) is 2.54. The molecule has 0 aliphatic heterocycles. The van der Waals surface area contributed by atoms with Gasteiger partial charge in [0.2, 0.25) is 0 Å². The quantitative estimate of drug-likeness (QED) is 0.850. The fourth-order valence-corrected chi connectivity index (χ4v) is 1.81. The standard InChI is InChI=1S/C13H14N2O2/c1-3-8-4-5-10-9(6-8)11(14-2)7-12(15-10)13(16)17/h4-7H,3H2,1-2H3,(H,14,15)(H,16,17). The summed E-state index contributed by atoms with van der Waals surface area (Å²) < 4.78 is 0. The molecular formula is C13H14N2O2. The average molecular weight is 230 g/mol. The highest BCUT2D eigenvalue weighted by Crippen LogP contribution is 2.24. The van der Waals surface area contributed by atoms with E-state index in [4.69, 9.17) is 5.11 Å². The summed E-state index contributed by atoms with van der Waals surface area (Å²) in [5.41, 5.74) is 2.76. The van der Waals surface area contributed by atoms with Gasteiger partial charge < -0.3 is 10.4 Å². The van der Waals surface area contributed by atoms with E-state index in [0.717, 1.165) is 17.5 Å². The van der Waals surface area contributed by atoms with Gasteiger partial charge in [0.05, 0.1) is 5.52 Å². The SMILES string of the molecule is CCc1ccc2nc(C(=O)O)cc(NC)c2c1. The van der Waals surface area contributed by atoms with E-state index in [1.54, 1.807) is 13.1 Å². The van der Waals surface area contributed by atoms with E-state index in [1.165, 1.54) is 5.56 Å². The first-order chi connectivity index (χ1) is 8.15. The van der Waals surface area contributed by atoms with Crippen LogP contribution in [0.4, 0.5) is 5.69 Å². The second-order valence-corrected chi connectivity index (χ2v) is 3.82. The summed E-state index contributed by atoms with van der Waals surface area (Å²) in [5.74, 6) is -1.01. The van der Waals surface area contributed by atoms with Gasteiger partial charge in [-0.05, 0) is 30.2 Å². The lowest BCUT2D eigenvalue weighted by atomic mass is 10.1. The Hall–Kier alpha value is -2.10. The molecule has 2 rings (SSSR count). The number of nitrogens with one attached hydrogen (secondary N) is 1. The Morgan fingerprint density at radius 3 is 2.76 bits per heavy atom. The zero-order valence-electron chi connectivity index (χ0n) is 9.82. The zero-order valence-corrected chi connectivity index (χ0v) is 9.82. The fourth-order valence-electron chi connectivity index (χ4n) is 1.81. The molecule has 0 atom stereocenters. The highest BCUT2D eigenvalue weighted by Gasteiger charge is 2.10. The maximum Gasteiger partial charge on any atom is 0.354 e. The van der Waals surface area contributed by atoms with Crippen LogP contribution in [0.1, 0.15) is 23.0 Å². The number of carboxylic acids is 1. The van der Waals surface area contributed by atoms with Crippen LogP contribution in [-0.2, 0) is 6.42 Å². The number of benzene rings is 1. The highest BCUT2D eigenvalue weighted by molar-refractivity contribution is 5.97. The molecular weight excluding hydrogens is 216 g/mol. The van der Waals surface area contributed by atoms with Crippen LogP contribution >= 0.6 is 0 Å². The number of anilines is 1. The molecule has 17 heavy (non-hydrogen) atoms. The Bertz CT molecular complexity index is 579. The van der Waals surface area contributed by atoms with Crippen LogP contribution in [0.5, 0.6) is 0 Å². The van der Waals surface area contributed by atoms with E-state index in [9.17, 15) is 4.79 Å². The van der Waals surface area contributed by atoms with Gasteiger partial charge in [0.1, 0.15) is 0 Å². The molecule has 1 aromatic heterocycles. The van der Waals surface area contributed by atoms with Crippen molar-refractivity contribution in [3.63, 3.8) is 0 Å². The molecule has 0 unspecified atom stereocenters. The number of rotatable bonds is 3. The van der Waals surface area contributed by atoms with Gasteiger partial charge in [0, 0.05) is 18.1 Å². The minimum absolute atomic E-state index is 0.0612. The third kappa shape index (κ3) is 2.06. The van der Waals surface area contributed by atoms with Crippen molar-refractivity contribution >= 4 is 22.6 Å². The van der Waals surface area contributed by atoms with Crippen molar-refractivity contribution in [2.75, 3.05) is 12.4 Å². The Kier molecular flexibility index (Phi) is 2.95. The Balaban J connectivity index is 2.72. The molecule has 4 heteroatoms. The average Bonchev–Trinajstić information content (AvgIpc) is 2.36. The molecule has 4 nitrogen and oxygen atoms in total. The maximum atomic E-state index is 10.9. The summed E-state index contributed by atoms with van der Waals surface area (Å²) in [6.07, 6.45) is 0.944. The number of carboxylic acid groups (broad SMARTS) is 1. The van der Waals surface area contributed by atoms with Gasteiger partial charge in [-0.25, -0.2) is 9.78 Å². The highest BCUT2D eigenvalue weighted by atomic mass is 16.4. The smallest absolute Gasteiger partial charge is 0.354 e. The number of aromatic nitrogens is 1. The molecule has 0 aliphatic carbocycles. The molecule has 0 spiro atoms. The van der Waals surface area contributed by atoms with Gasteiger partial charge in [0.15, 0.2) is 5.69 Å². The minimum Gasteiger partial charge on any atom is -0.477 e. The summed E-state index contributed by atoms with van der Waals surface area (Å²) in [5, 5.41) is 12.9. The molecule has 1 heterocycles. The first kappa shape index (κ1) is 11.4. The molecule has 0 bridgehead atoms. The van der Waals surface area contributed by atoms with Crippen molar-refractivity contribution in [2.24, 2.45) is 0 Å². The molecule has 2 N–H and O–H groups in total. The van der Waals surface area contributed by atoms with E-state index >= 15 is 0 Å². The summed E-state index contributed by atoms with van der Waals surface area (Å²) in [6, 6.07) is 7.44. The van der Waals surface area contributed by atoms with Crippen LogP contribution < -0.4 is 5.32 Å². The number of nitrogens with zero attached hydrogens (tertiary/aromatic N) is 1. The third-order valence-corrected chi connectivity index (χ3v) is 2.77. The monoisotopic (exact) mass is 230 g/mol. The predicted molar refractivity (Wildman–Crippen MR) is 67.6 cm³/mol. The van der Waals surface area contributed by atoms with Gasteiger partial charge in [0.25, 0.3) is 0 Å². The van der Waals surface area contributed by atoms with Crippen molar-refractivity contribution in [3.05, 3.63) is 35.5 Å². The lowest BCUT2D eigenvalue weighted by Crippen LogP contribution is -2.03. The first-order valence-electron chi connectivity index (χ1n) is 5.50. The molecule has 0 aliphatic rings. The van der Waals surface area contributed by atoms with Gasteiger partial charge >= 0.3 is 5.97 Å². The molecule has 0 radical (unpaired) electrons. The molecule has 88 valence electrons. The number of pyridine rings is 1. The van der Waals surface area contributed by atoms with E-state index < -0.39 is 5.97 Å². The summed E-state index contributed by atoms with van der Waals surface area (Å²) in [6.45, 7) is 2.08. The maximum absolute atomic E-state index is 10.9. The van der Waals surface area contributed by atoms with E-state index in [2.05, 4.69) is 17.2 Å². The lowest BCUT2D eigenvalue weighted by Gasteiger charge is -2.08. The van der Waals surface area contributed by atoms with E-state index in [1.807, 2.05) is 18.2 Å². The second kappa shape index (κ2) is 4.41. The van der Waals surface area contributed by atoms with Crippen molar-refractivity contribution in [1.29, 1.82) is 0 Å². The molecule has 0 fully saturated rings. The van der Waals surface area contributed by atoms with Crippen LogP contribution in [0.2, 0.25) is 0 Å². The summed E-state index contributed by atoms with van der Waals surface area (Å²) in [4.78, 5) is 15.1. The molecule has 0 amide bonds. The molecule has 1 aromatic carbocycles. The van der Waals surface area contributed by atoms with Crippen LogP contribution in [0.15, 0.2) is 24.3 Å². The molecule has 0 saturated heterocycles. The molecule has 2 aromatic rings. The van der Waals surface area contributed by atoms with Crippen molar-refractivity contribution in [2.45, 2.75) is 13.3 Å². The number of carbonyl (C=O) groups is 1. The van der Waals surface area contributed by atoms with Crippen LogP contribution in [0.25, 0.3) is 10.9 Å². The van der Waals surface area contributed by atoms with Crippen molar-refractivity contribution in [1.82, 2.24) is 4.98 Å². The lowest BCUT2D eigenvalue weighted by molar-refractivity contribution is 0.0691. The summed E-state index contributed by atoms with van der Waals surface area (Å²) >= 11 is 0. The second-order valence-electron chi connectivity index (χ2n) is 3.82. The Morgan fingerprint density at radius 2 is 2.18 bits per heavy atom. The zero-order chi connectivity index (χ0) is 12.4. The number of fused-ring (bicyclic) bond motifs is 1. The van der Waals surface area contributed by atoms with Crippen molar-refractivity contribution < 1.29 is 9.90 Å². The summed E-state index contributed by atoms with van der Waals surface area (Å²) in [7, 11) is 1.78. The van der Waals surface area contributed by atoms with Crippen LogP contribution in [0, 0.1) is 0 Å². The number of hydrogen-bond acceptors (Lipinski definition) is 3. The first-order valence-corrected chi connectivity index (χ1v) is 5.50. The number of hydrogen-bond donors (Lipinski definition) is 2. The third-order valence-electron chi connectivity index (χ3n) is 2.77.